The predicted octanol–water partition coefficient (Wildman–Crippen LogP) is -0.464. The van der Waals surface area contributed by atoms with E-state index in [1.165, 1.54) is 6.42 Å². The second kappa shape index (κ2) is 5.70. The molecule has 4 nitrogen and oxygen atoms in total. The third-order valence-electron chi connectivity index (χ3n) is 2.51. The fraction of sp³-hybridized carbons (Fsp3) is 1.00. The van der Waals surface area contributed by atoms with Crippen molar-refractivity contribution in [3.8, 4) is 0 Å². The van der Waals surface area contributed by atoms with Crippen molar-refractivity contribution in [3.63, 3.8) is 0 Å². The van der Waals surface area contributed by atoms with Crippen molar-refractivity contribution in [1.82, 2.24) is 4.90 Å². The van der Waals surface area contributed by atoms with Crippen LogP contribution in [0.3, 0.4) is 0 Å². The van der Waals surface area contributed by atoms with Gasteiger partial charge >= 0.3 is 0 Å². The van der Waals surface area contributed by atoms with E-state index >= 15 is 0 Å². The van der Waals surface area contributed by atoms with Crippen LogP contribution >= 0.6 is 0 Å². The maximum Gasteiger partial charge on any atom is 0.0229 e. The Balaban J connectivity index is 2.21. The highest BCUT2D eigenvalue weighted by Crippen LogP contribution is 2.14. The molecule has 1 heterocycles. The Morgan fingerprint density at radius 3 is 3.00 bits per heavy atom. The fourth-order valence-electron chi connectivity index (χ4n) is 1.75. The minimum Gasteiger partial charge on any atom is -0.772 e. The Morgan fingerprint density at radius 2 is 2.38 bits per heavy atom. The van der Waals surface area contributed by atoms with Crippen molar-refractivity contribution in [3.05, 3.63) is 0 Å². The van der Waals surface area contributed by atoms with Gasteiger partial charge in [0.1, 0.15) is 0 Å². The zero-order valence-corrected chi connectivity index (χ0v) is 8.59. The van der Waals surface area contributed by atoms with Gasteiger partial charge in [0.25, 0.3) is 0 Å². The van der Waals surface area contributed by atoms with Crippen LogP contribution in [0.1, 0.15) is 12.8 Å². The molecule has 2 unspecified atom stereocenters. The first-order valence-electron chi connectivity index (χ1n) is 4.70. The number of hydrogen-bond acceptors (Lipinski definition) is 4. The van der Waals surface area contributed by atoms with Crippen LogP contribution in [0, 0.1) is 5.92 Å². The van der Waals surface area contributed by atoms with E-state index in [0.717, 1.165) is 26.1 Å². The van der Waals surface area contributed by atoms with Crippen LogP contribution in [0.2, 0.25) is 0 Å². The molecule has 0 aromatic rings. The first-order chi connectivity index (χ1) is 6.22. The molecule has 0 amide bonds. The summed E-state index contributed by atoms with van der Waals surface area (Å²) in [6, 6.07) is 0. The molecule has 0 spiro atoms. The van der Waals surface area contributed by atoms with Crippen LogP contribution in [0.5, 0.6) is 0 Å². The van der Waals surface area contributed by atoms with E-state index in [1.54, 1.807) is 0 Å². The third-order valence-corrected chi connectivity index (χ3v) is 3.03. The largest absolute Gasteiger partial charge is 0.772 e. The van der Waals surface area contributed by atoms with Crippen molar-refractivity contribution in [2.24, 2.45) is 11.7 Å². The first-order valence-corrected chi connectivity index (χ1v) is 5.95. The van der Waals surface area contributed by atoms with E-state index in [-0.39, 0.29) is 5.75 Å². The number of hydrogen-bond donors (Lipinski definition) is 1. The number of nitrogens with two attached hydrogens (primary N) is 1. The molecule has 1 rings (SSSR count). The first kappa shape index (κ1) is 11.1. The monoisotopic (exact) mass is 205 g/mol. The predicted molar refractivity (Wildman–Crippen MR) is 52.0 cm³/mol. The normalized spacial score (nSPS) is 27.4. The van der Waals surface area contributed by atoms with Crippen LogP contribution in [-0.2, 0) is 11.1 Å². The topological polar surface area (TPSA) is 69.4 Å². The molecule has 0 radical (unpaired) electrons. The molecular weight excluding hydrogens is 188 g/mol. The van der Waals surface area contributed by atoms with E-state index in [1.807, 2.05) is 0 Å². The molecule has 2 atom stereocenters. The molecule has 78 valence electrons. The van der Waals surface area contributed by atoms with E-state index < -0.39 is 11.1 Å². The van der Waals surface area contributed by atoms with Gasteiger partial charge in [-0.2, -0.15) is 0 Å². The molecule has 0 aliphatic carbocycles. The van der Waals surface area contributed by atoms with Crippen molar-refractivity contribution in [2.75, 3.05) is 31.9 Å². The molecule has 13 heavy (non-hydrogen) atoms. The SMILES string of the molecule is NCC1CCCN(CCS(=O)[O-])C1. The standard InChI is InChI=1S/C8H18N2O2S/c9-6-8-2-1-3-10(7-8)4-5-13(11)12/h8H,1-7,9H2,(H,11,12)/p-1. The summed E-state index contributed by atoms with van der Waals surface area (Å²) >= 11 is -1.90. The van der Waals surface area contributed by atoms with Crippen molar-refractivity contribution < 1.29 is 8.76 Å². The Hall–Kier alpha value is 0.0300. The van der Waals surface area contributed by atoms with Crippen molar-refractivity contribution in [1.29, 1.82) is 0 Å². The second-order valence-corrected chi connectivity index (χ2v) is 4.57. The van der Waals surface area contributed by atoms with Gasteiger partial charge in [-0.15, -0.1) is 0 Å². The van der Waals surface area contributed by atoms with Gasteiger partial charge in [0.15, 0.2) is 0 Å². The number of rotatable bonds is 4. The highest BCUT2D eigenvalue weighted by Gasteiger charge is 2.17. The number of likely N-dealkylation sites (tertiary alicyclic amines) is 1. The lowest BCUT2D eigenvalue weighted by Crippen LogP contribution is -2.40. The van der Waals surface area contributed by atoms with Crippen LogP contribution in [0.25, 0.3) is 0 Å². The molecule has 0 aromatic heterocycles. The van der Waals surface area contributed by atoms with Gasteiger partial charge in [-0.1, -0.05) is 11.1 Å². The molecule has 0 bridgehead atoms. The van der Waals surface area contributed by atoms with Crippen LogP contribution in [-0.4, -0.2) is 45.6 Å². The minimum absolute atomic E-state index is 0.247. The quantitative estimate of drug-likeness (QED) is 0.630. The zero-order chi connectivity index (χ0) is 9.68. The van der Waals surface area contributed by atoms with Crippen molar-refractivity contribution >= 4 is 11.1 Å². The van der Waals surface area contributed by atoms with E-state index in [9.17, 15) is 8.76 Å². The van der Waals surface area contributed by atoms with Crippen molar-refractivity contribution in [2.45, 2.75) is 12.8 Å². The molecule has 1 aliphatic heterocycles. The summed E-state index contributed by atoms with van der Waals surface area (Å²) in [6.45, 7) is 3.37. The highest BCUT2D eigenvalue weighted by molar-refractivity contribution is 7.79. The summed E-state index contributed by atoms with van der Waals surface area (Å²) in [4.78, 5) is 2.19. The van der Waals surface area contributed by atoms with Gasteiger partial charge in [-0.05, 0) is 31.8 Å². The van der Waals surface area contributed by atoms with Crippen LogP contribution in [0.15, 0.2) is 0 Å². The average molecular weight is 205 g/mol. The Kier molecular flexibility index (Phi) is 4.87. The molecular formula is C8H17N2O2S-. The van der Waals surface area contributed by atoms with E-state index in [4.69, 9.17) is 5.73 Å². The maximum atomic E-state index is 10.3. The lowest BCUT2D eigenvalue weighted by Gasteiger charge is -2.32. The molecule has 0 aromatic carbocycles. The zero-order valence-electron chi connectivity index (χ0n) is 7.78. The van der Waals surface area contributed by atoms with E-state index in [0.29, 0.717) is 12.5 Å². The molecule has 1 fully saturated rings. The summed E-state index contributed by atoms with van der Waals surface area (Å²) < 4.78 is 20.7. The second-order valence-electron chi connectivity index (χ2n) is 3.55. The number of piperidine rings is 1. The average Bonchev–Trinajstić information content (AvgIpc) is 2.15. The van der Waals surface area contributed by atoms with Crippen LogP contribution < -0.4 is 5.73 Å². The number of nitrogens with zero attached hydrogens (tertiary/aromatic N) is 1. The Labute approximate surface area is 81.8 Å². The van der Waals surface area contributed by atoms with Gasteiger partial charge in [0.2, 0.25) is 0 Å². The summed E-state index contributed by atoms with van der Waals surface area (Å²) in [6.07, 6.45) is 2.33. The van der Waals surface area contributed by atoms with Crippen LogP contribution in [0.4, 0.5) is 0 Å². The Morgan fingerprint density at radius 1 is 1.62 bits per heavy atom. The lowest BCUT2D eigenvalue weighted by atomic mass is 9.98. The molecule has 1 saturated heterocycles. The fourth-order valence-corrected chi connectivity index (χ4v) is 2.16. The molecule has 2 N–H and O–H groups in total. The maximum absolute atomic E-state index is 10.3. The summed E-state index contributed by atoms with van der Waals surface area (Å²) in [5, 5.41) is 0. The van der Waals surface area contributed by atoms with Gasteiger partial charge in [-0.25, -0.2) is 0 Å². The van der Waals surface area contributed by atoms with Gasteiger partial charge < -0.3 is 15.2 Å². The molecule has 5 heteroatoms. The van der Waals surface area contributed by atoms with Gasteiger partial charge in [0.05, 0.1) is 0 Å². The third kappa shape index (κ3) is 4.17. The minimum atomic E-state index is -1.90. The lowest BCUT2D eigenvalue weighted by molar-refractivity contribution is 0.187. The molecule has 1 aliphatic rings. The molecule has 0 saturated carbocycles. The van der Waals surface area contributed by atoms with Gasteiger partial charge in [-0.3, -0.25) is 4.21 Å². The summed E-state index contributed by atoms with van der Waals surface area (Å²) in [7, 11) is 0. The van der Waals surface area contributed by atoms with Gasteiger partial charge in [0, 0.05) is 18.8 Å². The summed E-state index contributed by atoms with van der Waals surface area (Å²) in [5.41, 5.74) is 5.57. The Bertz CT molecular complexity index is 178. The van der Waals surface area contributed by atoms with E-state index in [2.05, 4.69) is 4.90 Å². The smallest absolute Gasteiger partial charge is 0.0229 e. The summed E-state index contributed by atoms with van der Waals surface area (Å²) in [5.74, 6) is 0.811. The highest BCUT2D eigenvalue weighted by atomic mass is 32.2.